The molecule has 124 valence electrons. The molecule has 5 heteroatoms. The van der Waals surface area contributed by atoms with Crippen LogP contribution in [0.2, 0.25) is 0 Å². The first-order valence-corrected chi connectivity index (χ1v) is 9.30. The molecule has 0 heterocycles. The molecule has 0 aliphatic heterocycles. The van der Waals surface area contributed by atoms with Crippen LogP contribution in [0.5, 0.6) is 0 Å². The first-order chi connectivity index (χ1) is 10.9. The van der Waals surface area contributed by atoms with Gasteiger partial charge in [0.1, 0.15) is 5.82 Å². The van der Waals surface area contributed by atoms with Crippen molar-refractivity contribution in [2.24, 2.45) is 5.92 Å². The lowest BCUT2D eigenvalue weighted by atomic mass is 9.98. The summed E-state index contributed by atoms with van der Waals surface area (Å²) in [5.74, 6) is -0.177. The quantitative estimate of drug-likeness (QED) is 0.830. The van der Waals surface area contributed by atoms with E-state index in [-0.39, 0.29) is 17.6 Å². The zero-order chi connectivity index (χ0) is 16.9. The lowest BCUT2D eigenvalue weighted by Gasteiger charge is -2.21. The van der Waals surface area contributed by atoms with Gasteiger partial charge in [0.25, 0.3) is 0 Å². The first kappa shape index (κ1) is 17.6. The van der Waals surface area contributed by atoms with Crippen LogP contribution < -0.4 is 4.72 Å². The first-order valence-electron chi connectivity index (χ1n) is 7.65. The minimum atomic E-state index is -3.51. The molecule has 2 aromatic rings. The highest BCUT2D eigenvalue weighted by Crippen LogP contribution is 2.22. The molecule has 3 nitrogen and oxygen atoms in total. The molecule has 1 unspecified atom stereocenters. The maximum Gasteiger partial charge on any atom is 0.216 e. The molecule has 0 saturated carbocycles. The molecule has 2 aromatic carbocycles. The number of halogens is 1. The number of nitrogens with one attached hydrogen (secondary N) is 1. The molecule has 1 atom stereocenters. The number of hydrogen-bond donors (Lipinski definition) is 1. The third-order valence-electron chi connectivity index (χ3n) is 3.50. The van der Waals surface area contributed by atoms with Gasteiger partial charge in [-0.15, -0.1) is 0 Å². The number of rotatable bonds is 7. The Morgan fingerprint density at radius 1 is 1.00 bits per heavy atom. The van der Waals surface area contributed by atoms with E-state index >= 15 is 0 Å². The topological polar surface area (TPSA) is 46.2 Å². The Hall–Kier alpha value is -1.72. The van der Waals surface area contributed by atoms with Crippen molar-refractivity contribution in [3.05, 3.63) is 71.5 Å². The summed E-state index contributed by atoms with van der Waals surface area (Å²) >= 11 is 0. The predicted octanol–water partition coefficient (Wildman–Crippen LogP) is 4.03. The van der Waals surface area contributed by atoms with E-state index in [0.29, 0.717) is 17.9 Å². The Bertz CT molecular complexity index is 712. The van der Waals surface area contributed by atoms with Crippen LogP contribution in [0.25, 0.3) is 0 Å². The summed E-state index contributed by atoms with van der Waals surface area (Å²) in [6.07, 6.45) is 0.715. The van der Waals surface area contributed by atoms with E-state index in [2.05, 4.69) is 18.6 Å². The standard InChI is InChI=1S/C18H22FNO2S/c1-14(2)12-18(16-6-4-3-5-7-16)20-23(21,22)13-15-8-10-17(19)11-9-15/h3-11,14,18,20H,12-13H2,1-2H3. The summed E-state index contributed by atoms with van der Waals surface area (Å²) in [5.41, 5.74) is 1.51. The molecular formula is C18H22FNO2S. The fraction of sp³-hybridized carbons (Fsp3) is 0.333. The zero-order valence-corrected chi connectivity index (χ0v) is 14.2. The SMILES string of the molecule is CC(C)CC(NS(=O)(=O)Cc1ccc(F)cc1)c1ccccc1. The van der Waals surface area contributed by atoms with E-state index in [9.17, 15) is 12.8 Å². The molecule has 0 radical (unpaired) electrons. The highest BCUT2D eigenvalue weighted by atomic mass is 32.2. The fourth-order valence-electron chi connectivity index (χ4n) is 2.47. The molecule has 0 amide bonds. The van der Waals surface area contributed by atoms with Crippen molar-refractivity contribution in [2.45, 2.75) is 32.1 Å². The molecule has 0 saturated heterocycles. The van der Waals surface area contributed by atoms with Gasteiger partial charge in [-0.2, -0.15) is 0 Å². The Balaban J connectivity index is 2.15. The number of hydrogen-bond acceptors (Lipinski definition) is 2. The van der Waals surface area contributed by atoms with E-state index in [1.807, 2.05) is 30.3 Å². The maximum atomic E-state index is 12.9. The molecule has 0 aliphatic rings. The van der Waals surface area contributed by atoms with Gasteiger partial charge >= 0.3 is 0 Å². The molecule has 0 aliphatic carbocycles. The molecule has 0 aromatic heterocycles. The minimum Gasteiger partial charge on any atom is -0.212 e. The van der Waals surface area contributed by atoms with Crippen molar-refractivity contribution < 1.29 is 12.8 Å². The monoisotopic (exact) mass is 335 g/mol. The van der Waals surface area contributed by atoms with E-state index in [1.54, 1.807) is 0 Å². The van der Waals surface area contributed by atoms with Gasteiger partial charge < -0.3 is 0 Å². The van der Waals surface area contributed by atoms with Crippen LogP contribution in [0, 0.1) is 11.7 Å². The van der Waals surface area contributed by atoms with Crippen molar-refractivity contribution >= 4 is 10.0 Å². The smallest absolute Gasteiger partial charge is 0.212 e. The third-order valence-corrected chi connectivity index (χ3v) is 4.86. The van der Waals surface area contributed by atoms with Crippen LogP contribution >= 0.6 is 0 Å². The molecule has 2 rings (SSSR count). The summed E-state index contributed by atoms with van der Waals surface area (Å²) in [5, 5.41) is 0. The van der Waals surface area contributed by atoms with Crippen molar-refractivity contribution in [3.8, 4) is 0 Å². The highest BCUT2D eigenvalue weighted by Gasteiger charge is 2.20. The van der Waals surface area contributed by atoms with Gasteiger partial charge in [-0.3, -0.25) is 0 Å². The molecular weight excluding hydrogens is 313 g/mol. The molecule has 1 N–H and O–H groups in total. The Morgan fingerprint density at radius 2 is 1.61 bits per heavy atom. The van der Waals surface area contributed by atoms with E-state index < -0.39 is 10.0 Å². The summed E-state index contributed by atoms with van der Waals surface area (Å²) in [4.78, 5) is 0. The fourth-order valence-corrected chi connectivity index (χ4v) is 3.85. The van der Waals surface area contributed by atoms with Gasteiger partial charge in [-0.1, -0.05) is 56.3 Å². The van der Waals surface area contributed by atoms with E-state index in [1.165, 1.54) is 24.3 Å². The van der Waals surface area contributed by atoms with Gasteiger partial charge in [0.2, 0.25) is 10.0 Å². The molecule has 23 heavy (non-hydrogen) atoms. The summed E-state index contributed by atoms with van der Waals surface area (Å²) in [6, 6.07) is 14.8. The average Bonchev–Trinajstić information content (AvgIpc) is 2.49. The molecule has 0 fully saturated rings. The van der Waals surface area contributed by atoms with Crippen LogP contribution in [0.1, 0.15) is 37.4 Å². The summed E-state index contributed by atoms with van der Waals surface area (Å²) in [7, 11) is -3.51. The Kier molecular flexibility index (Phi) is 5.91. The van der Waals surface area contributed by atoms with Crippen molar-refractivity contribution in [2.75, 3.05) is 0 Å². The van der Waals surface area contributed by atoms with Crippen molar-refractivity contribution in [1.29, 1.82) is 0 Å². The normalized spacial score (nSPS) is 13.2. The van der Waals surface area contributed by atoms with E-state index in [0.717, 1.165) is 5.56 Å². The summed E-state index contributed by atoms with van der Waals surface area (Å²) < 4.78 is 40.6. The van der Waals surface area contributed by atoms with Crippen LogP contribution in [-0.4, -0.2) is 8.42 Å². The highest BCUT2D eigenvalue weighted by molar-refractivity contribution is 7.88. The zero-order valence-electron chi connectivity index (χ0n) is 13.4. The van der Waals surface area contributed by atoms with Gasteiger partial charge in [0.15, 0.2) is 0 Å². The van der Waals surface area contributed by atoms with Crippen LogP contribution in [0.3, 0.4) is 0 Å². The van der Waals surface area contributed by atoms with Crippen LogP contribution in [-0.2, 0) is 15.8 Å². The lowest BCUT2D eigenvalue weighted by Crippen LogP contribution is -2.30. The number of benzene rings is 2. The maximum absolute atomic E-state index is 12.9. The molecule has 0 spiro atoms. The average molecular weight is 335 g/mol. The second kappa shape index (κ2) is 7.70. The summed E-state index contributed by atoms with van der Waals surface area (Å²) in [6.45, 7) is 4.12. The molecule has 0 bridgehead atoms. The largest absolute Gasteiger partial charge is 0.216 e. The van der Waals surface area contributed by atoms with E-state index in [4.69, 9.17) is 0 Å². The third kappa shape index (κ3) is 5.77. The van der Waals surface area contributed by atoms with Crippen molar-refractivity contribution in [1.82, 2.24) is 4.72 Å². The minimum absolute atomic E-state index is 0.158. The Morgan fingerprint density at radius 3 is 2.17 bits per heavy atom. The predicted molar refractivity (Wildman–Crippen MR) is 90.8 cm³/mol. The Labute approximate surface area is 137 Å². The van der Waals surface area contributed by atoms with Crippen LogP contribution in [0.15, 0.2) is 54.6 Å². The second-order valence-electron chi connectivity index (χ2n) is 6.10. The number of sulfonamides is 1. The second-order valence-corrected chi connectivity index (χ2v) is 7.85. The van der Waals surface area contributed by atoms with Gasteiger partial charge in [-0.05, 0) is 35.6 Å². The van der Waals surface area contributed by atoms with Crippen LogP contribution in [0.4, 0.5) is 4.39 Å². The van der Waals surface area contributed by atoms with Gasteiger partial charge in [0.05, 0.1) is 5.75 Å². The van der Waals surface area contributed by atoms with Crippen molar-refractivity contribution in [3.63, 3.8) is 0 Å². The lowest BCUT2D eigenvalue weighted by molar-refractivity contribution is 0.471. The van der Waals surface area contributed by atoms with Gasteiger partial charge in [0, 0.05) is 6.04 Å². The van der Waals surface area contributed by atoms with Gasteiger partial charge in [-0.25, -0.2) is 17.5 Å².